The molecule has 0 aliphatic carbocycles. The number of hydrogen-bond acceptors (Lipinski definition) is 3. The molecule has 2 aromatic carbocycles. The summed E-state index contributed by atoms with van der Waals surface area (Å²) < 4.78 is 18.7. The second kappa shape index (κ2) is 9.79. The molecule has 2 rings (SSSR count). The number of rotatable bonds is 9. The second-order valence-corrected chi connectivity index (χ2v) is 5.86. The Bertz CT molecular complexity index is 677. The fourth-order valence-electron chi connectivity index (χ4n) is 2.60. The molecule has 2 aromatic rings. The van der Waals surface area contributed by atoms with Gasteiger partial charge < -0.3 is 10.1 Å². The first-order chi connectivity index (χ1) is 12.1. The van der Waals surface area contributed by atoms with Crippen LogP contribution >= 0.6 is 0 Å². The van der Waals surface area contributed by atoms with Gasteiger partial charge in [0.25, 0.3) is 0 Å². The summed E-state index contributed by atoms with van der Waals surface area (Å²) in [7, 11) is 1.44. The van der Waals surface area contributed by atoms with E-state index in [-0.39, 0.29) is 17.5 Å². The van der Waals surface area contributed by atoms with Crippen molar-refractivity contribution in [3.05, 3.63) is 65.5 Å². The summed E-state index contributed by atoms with van der Waals surface area (Å²) in [5.74, 6) is -0.180. The molecule has 0 aliphatic heterocycles. The molecule has 0 bridgehead atoms. The molecule has 0 heterocycles. The van der Waals surface area contributed by atoms with E-state index in [4.69, 9.17) is 4.74 Å². The highest BCUT2D eigenvalue weighted by atomic mass is 19.1. The van der Waals surface area contributed by atoms with Crippen LogP contribution in [0.1, 0.15) is 18.1 Å². The number of nitrogens with one attached hydrogen (secondary N) is 1. The second-order valence-electron chi connectivity index (χ2n) is 5.86. The van der Waals surface area contributed by atoms with Crippen LogP contribution in [0.25, 0.3) is 0 Å². The fourth-order valence-corrected chi connectivity index (χ4v) is 2.60. The third kappa shape index (κ3) is 6.19. The van der Waals surface area contributed by atoms with Crippen molar-refractivity contribution in [3.63, 3.8) is 0 Å². The number of amides is 1. The van der Waals surface area contributed by atoms with E-state index in [1.807, 2.05) is 48.2 Å². The summed E-state index contributed by atoms with van der Waals surface area (Å²) in [6.07, 6.45) is 0.808. The lowest BCUT2D eigenvalue weighted by atomic mass is 10.1. The molecule has 0 radical (unpaired) electrons. The quantitative estimate of drug-likeness (QED) is 0.760. The van der Waals surface area contributed by atoms with Crippen LogP contribution in [0.15, 0.2) is 48.5 Å². The minimum absolute atomic E-state index is 0.0215. The maximum Gasteiger partial charge on any atom is 0.234 e. The van der Waals surface area contributed by atoms with Gasteiger partial charge in [0, 0.05) is 13.1 Å². The van der Waals surface area contributed by atoms with Gasteiger partial charge >= 0.3 is 0 Å². The predicted molar refractivity (Wildman–Crippen MR) is 97.1 cm³/mol. The molecule has 4 nitrogen and oxygen atoms in total. The molecule has 0 aromatic heterocycles. The lowest BCUT2D eigenvalue weighted by Crippen LogP contribution is -2.37. The van der Waals surface area contributed by atoms with Crippen LogP contribution in [0.5, 0.6) is 5.75 Å². The first-order valence-electron chi connectivity index (χ1n) is 8.47. The molecule has 1 N–H and O–H groups in total. The Morgan fingerprint density at radius 1 is 1.16 bits per heavy atom. The third-order valence-corrected chi connectivity index (χ3v) is 4.02. The highest BCUT2D eigenvalue weighted by Crippen LogP contribution is 2.18. The number of benzene rings is 2. The van der Waals surface area contributed by atoms with Gasteiger partial charge in [-0.15, -0.1) is 0 Å². The largest absolute Gasteiger partial charge is 0.494 e. The highest BCUT2D eigenvalue weighted by Gasteiger charge is 2.11. The SMILES string of the molecule is CCN(CC(=O)NCCc1ccccc1)Cc1ccc(OC)c(F)c1. The molecule has 134 valence electrons. The zero-order valence-corrected chi connectivity index (χ0v) is 14.8. The van der Waals surface area contributed by atoms with E-state index in [2.05, 4.69) is 5.32 Å². The minimum Gasteiger partial charge on any atom is -0.494 e. The number of carbonyl (C=O) groups excluding carboxylic acids is 1. The monoisotopic (exact) mass is 344 g/mol. The van der Waals surface area contributed by atoms with Crippen molar-refractivity contribution in [3.8, 4) is 5.75 Å². The molecular weight excluding hydrogens is 319 g/mol. The highest BCUT2D eigenvalue weighted by molar-refractivity contribution is 5.78. The Hall–Kier alpha value is -2.40. The Morgan fingerprint density at radius 2 is 1.92 bits per heavy atom. The Morgan fingerprint density at radius 3 is 2.56 bits per heavy atom. The molecule has 0 aliphatic rings. The molecule has 0 fully saturated rings. The van der Waals surface area contributed by atoms with Crippen molar-refractivity contribution in [2.45, 2.75) is 19.9 Å². The smallest absolute Gasteiger partial charge is 0.234 e. The van der Waals surface area contributed by atoms with Gasteiger partial charge in [-0.05, 0) is 36.2 Å². The maximum atomic E-state index is 13.8. The van der Waals surface area contributed by atoms with Crippen LogP contribution in [-0.2, 0) is 17.8 Å². The van der Waals surface area contributed by atoms with Gasteiger partial charge in [-0.3, -0.25) is 9.69 Å². The van der Waals surface area contributed by atoms with E-state index < -0.39 is 0 Å². The van der Waals surface area contributed by atoms with E-state index in [9.17, 15) is 9.18 Å². The van der Waals surface area contributed by atoms with Crippen molar-refractivity contribution in [1.82, 2.24) is 10.2 Å². The van der Waals surface area contributed by atoms with Crippen LogP contribution in [0.2, 0.25) is 0 Å². The maximum absolute atomic E-state index is 13.8. The predicted octanol–water partition coefficient (Wildman–Crippen LogP) is 3.02. The van der Waals surface area contributed by atoms with Crippen molar-refractivity contribution in [2.75, 3.05) is 26.7 Å². The number of nitrogens with zero attached hydrogens (tertiary/aromatic N) is 1. The van der Waals surface area contributed by atoms with E-state index in [1.54, 1.807) is 6.07 Å². The van der Waals surface area contributed by atoms with Gasteiger partial charge in [-0.25, -0.2) is 4.39 Å². The van der Waals surface area contributed by atoms with Crippen molar-refractivity contribution in [2.24, 2.45) is 0 Å². The van der Waals surface area contributed by atoms with Gasteiger partial charge in [0.1, 0.15) is 0 Å². The molecule has 25 heavy (non-hydrogen) atoms. The lowest BCUT2D eigenvalue weighted by Gasteiger charge is -2.20. The zero-order chi connectivity index (χ0) is 18.1. The summed E-state index contributed by atoms with van der Waals surface area (Å²) >= 11 is 0. The van der Waals surface area contributed by atoms with Crippen LogP contribution in [-0.4, -0.2) is 37.6 Å². The summed E-state index contributed by atoms with van der Waals surface area (Å²) in [5, 5.41) is 2.94. The summed E-state index contributed by atoms with van der Waals surface area (Å²) in [6, 6.07) is 14.9. The van der Waals surface area contributed by atoms with Crippen molar-refractivity contribution < 1.29 is 13.9 Å². The van der Waals surface area contributed by atoms with Gasteiger partial charge in [-0.1, -0.05) is 43.3 Å². The van der Waals surface area contributed by atoms with E-state index in [0.29, 0.717) is 26.2 Å². The molecule has 0 unspecified atom stereocenters. The first-order valence-corrected chi connectivity index (χ1v) is 8.47. The summed E-state index contributed by atoms with van der Waals surface area (Å²) in [5.41, 5.74) is 2.01. The molecule has 5 heteroatoms. The normalized spacial score (nSPS) is 10.7. The Balaban J connectivity index is 1.80. The lowest BCUT2D eigenvalue weighted by molar-refractivity contribution is -0.122. The van der Waals surface area contributed by atoms with Crippen LogP contribution in [0, 0.1) is 5.82 Å². The Labute approximate surface area is 148 Å². The number of methoxy groups -OCH3 is 1. The average molecular weight is 344 g/mol. The topological polar surface area (TPSA) is 41.6 Å². The number of ether oxygens (including phenoxy) is 1. The van der Waals surface area contributed by atoms with Crippen molar-refractivity contribution in [1.29, 1.82) is 0 Å². The van der Waals surface area contributed by atoms with Gasteiger partial charge in [0.2, 0.25) is 5.91 Å². The number of likely N-dealkylation sites (N-methyl/N-ethyl adjacent to an activating group) is 1. The standard InChI is InChI=1S/C20H25FN2O2/c1-3-23(14-17-9-10-19(25-2)18(21)13-17)15-20(24)22-12-11-16-7-5-4-6-8-16/h4-10,13H,3,11-12,14-15H2,1-2H3,(H,22,24). The zero-order valence-electron chi connectivity index (χ0n) is 14.8. The van der Waals surface area contributed by atoms with Crippen LogP contribution < -0.4 is 10.1 Å². The molecule has 0 saturated heterocycles. The van der Waals surface area contributed by atoms with Crippen molar-refractivity contribution >= 4 is 5.91 Å². The fraction of sp³-hybridized carbons (Fsp3) is 0.350. The summed E-state index contributed by atoms with van der Waals surface area (Å²) in [6.45, 7) is 4.11. The average Bonchev–Trinajstić information content (AvgIpc) is 2.62. The van der Waals surface area contributed by atoms with E-state index in [0.717, 1.165) is 12.0 Å². The van der Waals surface area contributed by atoms with Crippen LogP contribution in [0.4, 0.5) is 4.39 Å². The molecular formula is C20H25FN2O2. The Kier molecular flexibility index (Phi) is 7.41. The molecule has 1 amide bonds. The third-order valence-electron chi connectivity index (χ3n) is 4.02. The van der Waals surface area contributed by atoms with E-state index in [1.165, 1.54) is 18.7 Å². The van der Waals surface area contributed by atoms with Gasteiger partial charge in [0.15, 0.2) is 11.6 Å². The van der Waals surface area contributed by atoms with Gasteiger partial charge in [-0.2, -0.15) is 0 Å². The number of hydrogen-bond donors (Lipinski definition) is 1. The number of carbonyl (C=O) groups is 1. The first kappa shape index (κ1) is 18.9. The molecule has 0 atom stereocenters. The summed E-state index contributed by atoms with van der Waals surface area (Å²) in [4.78, 5) is 14.1. The molecule has 0 saturated carbocycles. The number of halogens is 1. The van der Waals surface area contributed by atoms with Crippen LogP contribution in [0.3, 0.4) is 0 Å². The van der Waals surface area contributed by atoms with E-state index >= 15 is 0 Å². The van der Waals surface area contributed by atoms with Gasteiger partial charge in [0.05, 0.1) is 13.7 Å². The minimum atomic E-state index is -0.386. The molecule has 0 spiro atoms.